The van der Waals surface area contributed by atoms with Gasteiger partial charge in [-0.2, -0.15) is 0 Å². The summed E-state index contributed by atoms with van der Waals surface area (Å²) < 4.78 is 1.96. The van der Waals surface area contributed by atoms with E-state index in [1.54, 1.807) is 18.0 Å². The molecule has 0 unspecified atom stereocenters. The molecule has 1 aromatic heterocycles. The summed E-state index contributed by atoms with van der Waals surface area (Å²) in [4.78, 5) is 21.8. The maximum Gasteiger partial charge on any atom is 0.272 e. The molecule has 2 aromatic rings. The zero-order valence-electron chi connectivity index (χ0n) is 14.5. The van der Waals surface area contributed by atoms with Crippen LogP contribution < -0.4 is 0 Å². The van der Waals surface area contributed by atoms with Crippen LogP contribution >= 0.6 is 11.8 Å². The lowest BCUT2D eigenvalue weighted by atomic mass is 10.2. The summed E-state index contributed by atoms with van der Waals surface area (Å²) in [6.07, 6.45) is 3.69. The monoisotopic (exact) mass is 344 g/mol. The van der Waals surface area contributed by atoms with Gasteiger partial charge < -0.3 is 4.90 Å². The highest BCUT2D eigenvalue weighted by Crippen LogP contribution is 2.23. The van der Waals surface area contributed by atoms with Crippen LogP contribution in [0.4, 0.5) is 0 Å². The summed E-state index contributed by atoms with van der Waals surface area (Å²) in [6.45, 7) is 7.80. The van der Waals surface area contributed by atoms with Gasteiger partial charge in [-0.3, -0.25) is 14.3 Å². The molecule has 0 aliphatic carbocycles. The van der Waals surface area contributed by atoms with Crippen molar-refractivity contribution in [3.8, 4) is 5.69 Å². The van der Waals surface area contributed by atoms with E-state index in [4.69, 9.17) is 0 Å². The summed E-state index contributed by atoms with van der Waals surface area (Å²) in [6, 6.07) is 10.5. The van der Waals surface area contributed by atoms with E-state index < -0.39 is 0 Å². The topological polar surface area (TPSA) is 41.4 Å². The molecule has 0 radical (unpaired) electrons. The first-order valence-corrected chi connectivity index (χ1v) is 9.54. The van der Waals surface area contributed by atoms with E-state index in [2.05, 4.69) is 23.7 Å². The van der Waals surface area contributed by atoms with Crippen molar-refractivity contribution in [2.75, 3.05) is 32.4 Å². The normalized spacial score (nSPS) is 15.9. The quantitative estimate of drug-likeness (QED) is 0.800. The molecule has 0 atom stereocenters. The van der Waals surface area contributed by atoms with Gasteiger partial charge in [0.05, 0.1) is 6.20 Å². The molecule has 5 nitrogen and oxygen atoms in total. The lowest BCUT2D eigenvalue weighted by Gasteiger charge is -2.36. The van der Waals surface area contributed by atoms with Gasteiger partial charge in [-0.15, -0.1) is 0 Å². The van der Waals surface area contributed by atoms with Gasteiger partial charge in [0.1, 0.15) is 5.69 Å². The van der Waals surface area contributed by atoms with Crippen LogP contribution in [0.1, 0.15) is 24.3 Å². The average molecular weight is 344 g/mol. The molecule has 1 saturated heterocycles. The highest BCUT2D eigenvalue weighted by atomic mass is 32.2. The van der Waals surface area contributed by atoms with E-state index in [1.807, 2.05) is 46.1 Å². The second-order valence-electron chi connectivity index (χ2n) is 6.22. The van der Waals surface area contributed by atoms with Crippen molar-refractivity contribution in [1.29, 1.82) is 0 Å². The van der Waals surface area contributed by atoms with Crippen LogP contribution in [0.15, 0.2) is 41.7 Å². The van der Waals surface area contributed by atoms with Gasteiger partial charge in [0.2, 0.25) is 0 Å². The number of benzene rings is 1. The number of para-hydroxylation sites is 1. The molecule has 1 aromatic carbocycles. The summed E-state index contributed by atoms with van der Waals surface area (Å²) >= 11 is 1.55. The zero-order valence-corrected chi connectivity index (χ0v) is 15.3. The van der Waals surface area contributed by atoms with Crippen LogP contribution in [0.2, 0.25) is 0 Å². The first-order valence-electron chi connectivity index (χ1n) is 8.32. The van der Waals surface area contributed by atoms with E-state index in [0.717, 1.165) is 37.0 Å². The number of carbonyl (C=O) groups is 1. The van der Waals surface area contributed by atoms with Crippen LogP contribution in [-0.2, 0) is 0 Å². The molecule has 0 N–H and O–H groups in total. The van der Waals surface area contributed by atoms with Crippen molar-refractivity contribution in [2.45, 2.75) is 25.0 Å². The lowest BCUT2D eigenvalue weighted by Crippen LogP contribution is -2.51. The Morgan fingerprint density at radius 3 is 2.38 bits per heavy atom. The minimum Gasteiger partial charge on any atom is -0.335 e. The molecular formula is C18H24N4OS. The molecule has 24 heavy (non-hydrogen) atoms. The average Bonchev–Trinajstić information content (AvgIpc) is 3.06. The first kappa shape index (κ1) is 17.0. The highest BCUT2D eigenvalue weighted by molar-refractivity contribution is 7.98. The van der Waals surface area contributed by atoms with Crippen molar-refractivity contribution >= 4 is 17.7 Å². The molecule has 0 saturated carbocycles. The Morgan fingerprint density at radius 2 is 1.79 bits per heavy atom. The van der Waals surface area contributed by atoms with Gasteiger partial charge in [0.15, 0.2) is 5.16 Å². The van der Waals surface area contributed by atoms with Crippen molar-refractivity contribution in [3.05, 3.63) is 42.2 Å². The smallest absolute Gasteiger partial charge is 0.272 e. The molecule has 128 valence electrons. The Kier molecular flexibility index (Phi) is 5.26. The maximum absolute atomic E-state index is 13.0. The van der Waals surface area contributed by atoms with Crippen LogP contribution in [0.25, 0.3) is 5.69 Å². The van der Waals surface area contributed by atoms with Crippen molar-refractivity contribution in [1.82, 2.24) is 19.4 Å². The molecule has 2 heterocycles. The Labute approximate surface area is 147 Å². The predicted molar refractivity (Wildman–Crippen MR) is 98.0 cm³/mol. The zero-order chi connectivity index (χ0) is 17.1. The molecule has 1 aliphatic rings. The summed E-state index contributed by atoms with van der Waals surface area (Å²) in [5.74, 6) is 0.0649. The third-order valence-electron chi connectivity index (χ3n) is 4.48. The number of aromatic nitrogens is 2. The van der Waals surface area contributed by atoms with E-state index >= 15 is 0 Å². The highest BCUT2D eigenvalue weighted by Gasteiger charge is 2.26. The van der Waals surface area contributed by atoms with Crippen LogP contribution in [0.5, 0.6) is 0 Å². The number of piperazine rings is 1. The minimum absolute atomic E-state index is 0.0649. The fourth-order valence-corrected chi connectivity index (χ4v) is 3.60. The lowest BCUT2D eigenvalue weighted by molar-refractivity contribution is 0.0587. The second-order valence-corrected chi connectivity index (χ2v) is 7.00. The van der Waals surface area contributed by atoms with Crippen LogP contribution in [0, 0.1) is 0 Å². The standard InChI is InChI=1S/C18H24N4OS/c1-14(2)20-9-11-21(12-10-20)17(23)16-13-19-18(24-3)22(16)15-7-5-4-6-8-15/h4-8,13-14H,9-12H2,1-3H3. The van der Waals surface area contributed by atoms with Crippen molar-refractivity contribution in [3.63, 3.8) is 0 Å². The van der Waals surface area contributed by atoms with Crippen LogP contribution in [-0.4, -0.2) is 63.7 Å². The van der Waals surface area contributed by atoms with Crippen molar-refractivity contribution < 1.29 is 4.79 Å². The summed E-state index contributed by atoms with van der Waals surface area (Å²) in [5.41, 5.74) is 1.62. The number of imidazole rings is 1. The molecule has 6 heteroatoms. The Bertz CT molecular complexity index is 690. The Hall–Kier alpha value is -1.79. The van der Waals surface area contributed by atoms with Gasteiger partial charge in [-0.25, -0.2) is 4.98 Å². The fraction of sp³-hybridized carbons (Fsp3) is 0.444. The Balaban J connectivity index is 1.85. The number of carbonyl (C=O) groups excluding carboxylic acids is 1. The Morgan fingerprint density at radius 1 is 1.12 bits per heavy atom. The molecule has 1 amide bonds. The van der Waals surface area contributed by atoms with Gasteiger partial charge in [-0.1, -0.05) is 30.0 Å². The number of hydrogen-bond donors (Lipinski definition) is 0. The van der Waals surface area contributed by atoms with E-state index in [1.165, 1.54) is 0 Å². The van der Waals surface area contributed by atoms with Gasteiger partial charge >= 0.3 is 0 Å². The van der Waals surface area contributed by atoms with E-state index in [0.29, 0.717) is 11.7 Å². The molecule has 0 spiro atoms. The van der Waals surface area contributed by atoms with E-state index in [9.17, 15) is 4.79 Å². The number of rotatable bonds is 4. The number of amides is 1. The SMILES string of the molecule is CSc1ncc(C(=O)N2CCN(C(C)C)CC2)n1-c1ccccc1. The van der Waals surface area contributed by atoms with Gasteiger partial charge in [0, 0.05) is 37.9 Å². The molecule has 1 fully saturated rings. The third-order valence-corrected chi connectivity index (χ3v) is 5.13. The predicted octanol–water partition coefficient (Wildman–Crippen LogP) is 2.76. The minimum atomic E-state index is 0.0649. The molecular weight excluding hydrogens is 320 g/mol. The van der Waals surface area contributed by atoms with Crippen LogP contribution in [0.3, 0.4) is 0 Å². The molecule has 3 rings (SSSR count). The third kappa shape index (κ3) is 3.35. The number of thioether (sulfide) groups is 1. The van der Waals surface area contributed by atoms with Gasteiger partial charge in [0.25, 0.3) is 5.91 Å². The van der Waals surface area contributed by atoms with Gasteiger partial charge in [-0.05, 0) is 32.2 Å². The molecule has 0 bridgehead atoms. The maximum atomic E-state index is 13.0. The fourth-order valence-electron chi connectivity index (χ4n) is 3.06. The number of nitrogens with zero attached hydrogens (tertiary/aromatic N) is 4. The second kappa shape index (κ2) is 7.40. The molecule has 1 aliphatic heterocycles. The number of hydrogen-bond acceptors (Lipinski definition) is 4. The first-order chi connectivity index (χ1) is 11.6. The van der Waals surface area contributed by atoms with Crippen molar-refractivity contribution in [2.24, 2.45) is 0 Å². The van der Waals surface area contributed by atoms with E-state index in [-0.39, 0.29) is 5.91 Å². The largest absolute Gasteiger partial charge is 0.335 e. The summed E-state index contributed by atoms with van der Waals surface area (Å²) in [5, 5.41) is 0.838. The summed E-state index contributed by atoms with van der Waals surface area (Å²) in [7, 11) is 0.